The summed E-state index contributed by atoms with van der Waals surface area (Å²) in [4.78, 5) is 12.3. The molecule has 1 aliphatic heterocycles. The van der Waals surface area contributed by atoms with Crippen LogP contribution in [-0.4, -0.2) is 11.8 Å². The Hall–Kier alpha value is -1.31. The van der Waals surface area contributed by atoms with Crippen LogP contribution < -0.4 is 5.32 Å². The standard InChI is InChI=1S/C16H19NO/c18-14-9-8-11-5-3-4-10-16(11)12-6-1-2-7-13(12)17-15(14)16/h1-2,6-7,11,15,17H,3-5,8-10H2/t11-,15+,16+/m1/s1. The van der Waals surface area contributed by atoms with Gasteiger partial charge in [0.05, 0.1) is 6.04 Å². The van der Waals surface area contributed by atoms with Gasteiger partial charge in [0, 0.05) is 17.5 Å². The minimum absolute atomic E-state index is 0.0638. The molecule has 0 aromatic heterocycles. The van der Waals surface area contributed by atoms with Crippen LogP contribution in [0.25, 0.3) is 0 Å². The number of hydrogen-bond donors (Lipinski definition) is 1. The van der Waals surface area contributed by atoms with E-state index in [0.717, 1.165) is 12.8 Å². The number of benzene rings is 1. The molecule has 1 aromatic rings. The van der Waals surface area contributed by atoms with E-state index in [9.17, 15) is 4.79 Å². The zero-order valence-electron chi connectivity index (χ0n) is 10.6. The molecular formula is C16H19NO. The lowest BCUT2D eigenvalue weighted by Gasteiger charge is -2.48. The Morgan fingerprint density at radius 3 is 3.00 bits per heavy atom. The number of carbonyl (C=O) groups is 1. The molecular weight excluding hydrogens is 222 g/mol. The smallest absolute Gasteiger partial charge is 0.155 e. The molecule has 2 saturated carbocycles. The number of para-hydroxylation sites is 1. The first-order chi connectivity index (χ1) is 8.82. The van der Waals surface area contributed by atoms with E-state index in [1.54, 1.807) is 0 Å². The molecule has 0 unspecified atom stereocenters. The SMILES string of the molecule is O=C1CC[C@H]2CCCC[C@@]23c2ccccc2N[C@@H]13. The summed E-state index contributed by atoms with van der Waals surface area (Å²) in [7, 11) is 0. The molecule has 0 amide bonds. The highest BCUT2D eigenvalue weighted by Gasteiger charge is 2.57. The quantitative estimate of drug-likeness (QED) is 0.755. The van der Waals surface area contributed by atoms with Crippen LogP contribution in [0.3, 0.4) is 0 Å². The number of anilines is 1. The second-order valence-corrected chi connectivity index (χ2v) is 6.11. The van der Waals surface area contributed by atoms with Gasteiger partial charge < -0.3 is 5.32 Å². The second-order valence-electron chi connectivity index (χ2n) is 6.11. The highest BCUT2D eigenvalue weighted by molar-refractivity contribution is 5.93. The molecule has 0 radical (unpaired) electrons. The maximum atomic E-state index is 12.3. The number of fused-ring (bicyclic) bond motifs is 1. The summed E-state index contributed by atoms with van der Waals surface area (Å²) in [5, 5.41) is 3.53. The van der Waals surface area contributed by atoms with Gasteiger partial charge in [-0.25, -0.2) is 0 Å². The molecule has 94 valence electrons. The van der Waals surface area contributed by atoms with Gasteiger partial charge >= 0.3 is 0 Å². The average molecular weight is 241 g/mol. The van der Waals surface area contributed by atoms with Crippen molar-refractivity contribution in [2.45, 2.75) is 50.0 Å². The summed E-state index contributed by atoms with van der Waals surface area (Å²) < 4.78 is 0. The normalized spacial score (nSPS) is 37.4. The van der Waals surface area contributed by atoms with Crippen molar-refractivity contribution in [1.82, 2.24) is 0 Å². The molecule has 1 heterocycles. The first-order valence-electron chi connectivity index (χ1n) is 7.21. The molecule has 2 nitrogen and oxygen atoms in total. The van der Waals surface area contributed by atoms with Crippen molar-refractivity contribution in [3.63, 3.8) is 0 Å². The molecule has 4 rings (SSSR count). The minimum atomic E-state index is 0.0638. The van der Waals surface area contributed by atoms with E-state index in [1.165, 1.54) is 36.9 Å². The Bertz CT molecular complexity index is 510. The van der Waals surface area contributed by atoms with Gasteiger partial charge in [-0.2, -0.15) is 0 Å². The highest BCUT2D eigenvalue weighted by atomic mass is 16.1. The molecule has 3 aliphatic rings. The fourth-order valence-electron chi connectivity index (χ4n) is 4.69. The number of nitrogens with one attached hydrogen (secondary N) is 1. The summed E-state index contributed by atoms with van der Waals surface area (Å²) in [5.74, 6) is 1.15. The largest absolute Gasteiger partial charge is 0.374 e. The van der Waals surface area contributed by atoms with Crippen LogP contribution >= 0.6 is 0 Å². The van der Waals surface area contributed by atoms with Crippen LogP contribution in [0, 0.1) is 5.92 Å². The van der Waals surface area contributed by atoms with Crippen molar-refractivity contribution >= 4 is 11.5 Å². The number of Topliss-reactive ketones (excluding diaryl/α,β-unsaturated/α-hetero) is 1. The minimum Gasteiger partial charge on any atom is -0.374 e. The molecule has 0 saturated heterocycles. The molecule has 3 atom stereocenters. The average Bonchev–Trinajstić information content (AvgIpc) is 2.75. The van der Waals surface area contributed by atoms with Crippen molar-refractivity contribution in [2.75, 3.05) is 5.32 Å². The maximum absolute atomic E-state index is 12.3. The Morgan fingerprint density at radius 2 is 2.06 bits per heavy atom. The first kappa shape index (κ1) is 10.6. The zero-order chi connectivity index (χ0) is 12.2. The summed E-state index contributed by atoms with van der Waals surface area (Å²) in [6.45, 7) is 0. The summed E-state index contributed by atoms with van der Waals surface area (Å²) in [6, 6.07) is 8.65. The number of hydrogen-bond acceptors (Lipinski definition) is 2. The van der Waals surface area contributed by atoms with E-state index < -0.39 is 0 Å². The van der Waals surface area contributed by atoms with Crippen LogP contribution in [-0.2, 0) is 10.2 Å². The molecule has 1 aromatic carbocycles. The van der Waals surface area contributed by atoms with Gasteiger partial charge in [0.1, 0.15) is 0 Å². The van der Waals surface area contributed by atoms with E-state index in [-0.39, 0.29) is 11.5 Å². The van der Waals surface area contributed by atoms with E-state index in [0.29, 0.717) is 11.7 Å². The zero-order valence-corrected chi connectivity index (χ0v) is 10.6. The van der Waals surface area contributed by atoms with E-state index in [4.69, 9.17) is 0 Å². The van der Waals surface area contributed by atoms with Crippen LogP contribution in [0.2, 0.25) is 0 Å². The summed E-state index contributed by atoms with van der Waals surface area (Å²) in [5.41, 5.74) is 2.77. The number of rotatable bonds is 0. The molecule has 1 spiro atoms. The van der Waals surface area contributed by atoms with Crippen molar-refractivity contribution in [2.24, 2.45) is 5.92 Å². The maximum Gasteiger partial charge on any atom is 0.155 e. The van der Waals surface area contributed by atoms with E-state index >= 15 is 0 Å². The Morgan fingerprint density at radius 1 is 1.17 bits per heavy atom. The first-order valence-corrected chi connectivity index (χ1v) is 7.21. The number of carbonyl (C=O) groups excluding carboxylic acids is 1. The van der Waals surface area contributed by atoms with Crippen LogP contribution in [0.1, 0.15) is 44.1 Å². The fraction of sp³-hybridized carbons (Fsp3) is 0.562. The molecule has 2 aliphatic carbocycles. The van der Waals surface area contributed by atoms with Gasteiger partial charge in [-0.3, -0.25) is 4.79 Å². The highest BCUT2D eigenvalue weighted by Crippen LogP contribution is 2.56. The monoisotopic (exact) mass is 241 g/mol. The van der Waals surface area contributed by atoms with E-state index in [1.807, 2.05) is 0 Å². The third-order valence-electron chi connectivity index (χ3n) is 5.43. The van der Waals surface area contributed by atoms with Gasteiger partial charge in [-0.15, -0.1) is 0 Å². The second kappa shape index (κ2) is 3.59. The molecule has 2 heteroatoms. The van der Waals surface area contributed by atoms with Crippen molar-refractivity contribution in [3.8, 4) is 0 Å². The Balaban J connectivity index is 1.91. The van der Waals surface area contributed by atoms with Crippen molar-refractivity contribution < 1.29 is 4.79 Å². The Labute approximate surface area is 108 Å². The van der Waals surface area contributed by atoms with Crippen LogP contribution in [0.4, 0.5) is 5.69 Å². The van der Waals surface area contributed by atoms with Crippen LogP contribution in [0.15, 0.2) is 24.3 Å². The lowest BCUT2D eigenvalue weighted by atomic mass is 9.55. The van der Waals surface area contributed by atoms with Crippen LogP contribution in [0.5, 0.6) is 0 Å². The van der Waals surface area contributed by atoms with Gasteiger partial charge in [0.15, 0.2) is 5.78 Å². The lowest BCUT2D eigenvalue weighted by Crippen LogP contribution is -2.54. The predicted octanol–water partition coefficient (Wildman–Crippen LogP) is 3.27. The summed E-state index contributed by atoms with van der Waals surface area (Å²) >= 11 is 0. The van der Waals surface area contributed by atoms with E-state index in [2.05, 4.69) is 29.6 Å². The van der Waals surface area contributed by atoms with Gasteiger partial charge in [0.25, 0.3) is 0 Å². The topological polar surface area (TPSA) is 29.1 Å². The van der Waals surface area contributed by atoms with Crippen molar-refractivity contribution in [1.29, 1.82) is 0 Å². The molecule has 2 fully saturated rings. The van der Waals surface area contributed by atoms with Crippen molar-refractivity contribution in [3.05, 3.63) is 29.8 Å². The third-order valence-corrected chi connectivity index (χ3v) is 5.43. The van der Waals surface area contributed by atoms with Gasteiger partial charge in [0.2, 0.25) is 0 Å². The molecule has 0 bridgehead atoms. The Kier molecular flexibility index (Phi) is 2.12. The molecule has 18 heavy (non-hydrogen) atoms. The van der Waals surface area contributed by atoms with Gasteiger partial charge in [-0.05, 0) is 36.8 Å². The summed E-state index contributed by atoms with van der Waals surface area (Å²) in [6.07, 6.45) is 6.99. The lowest BCUT2D eigenvalue weighted by molar-refractivity contribution is -0.125. The number of ketones is 1. The predicted molar refractivity (Wildman–Crippen MR) is 71.7 cm³/mol. The van der Waals surface area contributed by atoms with Gasteiger partial charge in [-0.1, -0.05) is 31.0 Å². The third kappa shape index (κ3) is 1.16. The molecule has 1 N–H and O–H groups in total. The fourth-order valence-corrected chi connectivity index (χ4v) is 4.69.